The van der Waals surface area contributed by atoms with Gasteiger partial charge in [-0.3, -0.25) is 0 Å². The number of aromatic nitrogens is 1. The van der Waals surface area contributed by atoms with E-state index in [1.165, 1.54) is 0 Å². The van der Waals surface area contributed by atoms with Gasteiger partial charge in [0.25, 0.3) is 5.22 Å². The van der Waals surface area contributed by atoms with Crippen LogP contribution in [0.1, 0.15) is 13.8 Å². The van der Waals surface area contributed by atoms with Crippen LogP contribution in [0.5, 0.6) is 11.5 Å². The van der Waals surface area contributed by atoms with Crippen molar-refractivity contribution in [1.82, 2.24) is 10.3 Å². The van der Waals surface area contributed by atoms with Gasteiger partial charge in [0.2, 0.25) is 0 Å². The summed E-state index contributed by atoms with van der Waals surface area (Å²) in [6.45, 7) is 4.87. The van der Waals surface area contributed by atoms with Crippen LogP contribution in [-0.2, 0) is 0 Å². The lowest BCUT2D eigenvalue weighted by Crippen LogP contribution is -2.32. The Hall–Kier alpha value is -3.13. The number of nitrogens with zero attached hydrogens (tertiary/aromatic N) is 1. The Kier molecular flexibility index (Phi) is 7.24. The van der Waals surface area contributed by atoms with Crippen LogP contribution in [0.4, 0.5) is 4.79 Å². The molecule has 2 aromatic carbocycles. The zero-order valence-corrected chi connectivity index (χ0v) is 18.0. The Labute approximate surface area is 180 Å². The van der Waals surface area contributed by atoms with Crippen LogP contribution in [-0.4, -0.2) is 36.5 Å². The van der Waals surface area contributed by atoms with Crippen molar-refractivity contribution in [2.24, 2.45) is 5.73 Å². The first-order chi connectivity index (χ1) is 14.5. The highest BCUT2D eigenvalue weighted by atomic mass is 32.2. The van der Waals surface area contributed by atoms with Crippen molar-refractivity contribution in [3.63, 3.8) is 0 Å². The fourth-order valence-corrected chi connectivity index (χ4v) is 3.42. The fourth-order valence-electron chi connectivity index (χ4n) is 2.74. The summed E-state index contributed by atoms with van der Waals surface area (Å²) in [5, 5.41) is 3.46. The third-order valence-electron chi connectivity index (χ3n) is 4.09. The lowest BCUT2D eigenvalue weighted by Gasteiger charge is -2.07. The van der Waals surface area contributed by atoms with E-state index < -0.39 is 6.03 Å². The highest BCUT2D eigenvalue weighted by Crippen LogP contribution is 2.37. The minimum atomic E-state index is -0.569. The number of hydrogen-bond donors (Lipinski definition) is 2. The van der Waals surface area contributed by atoms with E-state index in [0.717, 1.165) is 22.6 Å². The summed E-state index contributed by atoms with van der Waals surface area (Å²) in [7, 11) is 1.64. The average molecular weight is 428 g/mol. The van der Waals surface area contributed by atoms with Crippen LogP contribution in [0.2, 0.25) is 0 Å². The Morgan fingerprint density at radius 1 is 1.10 bits per heavy atom. The van der Waals surface area contributed by atoms with Crippen LogP contribution in [0, 0.1) is 0 Å². The average Bonchev–Trinajstić information content (AvgIpc) is 3.14. The molecule has 3 rings (SSSR count). The number of ether oxygens (including phenoxy) is 2. The van der Waals surface area contributed by atoms with E-state index in [1.807, 2.05) is 48.5 Å². The summed E-state index contributed by atoms with van der Waals surface area (Å²) < 4.78 is 17.0. The van der Waals surface area contributed by atoms with Crippen LogP contribution in [0.15, 0.2) is 58.2 Å². The largest absolute Gasteiger partial charge is 0.497 e. The standard InChI is InChI=1S/C22H25N3O4S/c1-14(2)30-22-25-19(15-4-8-17(27-3)9-5-15)20(29-22)16-6-10-18(11-7-16)28-13-12-24-21(23)26/h4-11,14H,12-13H2,1-3H3,(H3,23,24,26). The number of benzene rings is 2. The van der Waals surface area contributed by atoms with Crippen molar-refractivity contribution in [3.8, 4) is 34.1 Å². The first-order valence-electron chi connectivity index (χ1n) is 9.54. The molecule has 8 heteroatoms. The molecular weight excluding hydrogens is 402 g/mol. The molecular formula is C22H25N3O4S. The third kappa shape index (κ3) is 5.70. The molecule has 0 spiro atoms. The molecule has 30 heavy (non-hydrogen) atoms. The van der Waals surface area contributed by atoms with Gasteiger partial charge >= 0.3 is 6.03 Å². The quantitative estimate of drug-likeness (QED) is 0.383. The van der Waals surface area contributed by atoms with E-state index >= 15 is 0 Å². The predicted octanol–water partition coefficient (Wildman–Crippen LogP) is 4.56. The Morgan fingerprint density at radius 2 is 1.73 bits per heavy atom. The minimum Gasteiger partial charge on any atom is -0.497 e. The summed E-state index contributed by atoms with van der Waals surface area (Å²) in [5.74, 6) is 2.17. The van der Waals surface area contributed by atoms with Crippen molar-refractivity contribution in [3.05, 3.63) is 48.5 Å². The number of amides is 2. The molecule has 0 atom stereocenters. The normalized spacial score (nSPS) is 10.8. The number of nitrogens with one attached hydrogen (secondary N) is 1. The molecule has 7 nitrogen and oxygen atoms in total. The fraction of sp³-hybridized carbons (Fsp3) is 0.273. The molecule has 0 aliphatic carbocycles. The summed E-state index contributed by atoms with van der Waals surface area (Å²) in [6.07, 6.45) is 0. The van der Waals surface area contributed by atoms with E-state index in [0.29, 0.717) is 35.1 Å². The van der Waals surface area contributed by atoms with Gasteiger partial charge in [-0.25, -0.2) is 9.78 Å². The van der Waals surface area contributed by atoms with E-state index in [9.17, 15) is 4.79 Å². The second-order valence-electron chi connectivity index (χ2n) is 6.72. The first-order valence-corrected chi connectivity index (χ1v) is 10.4. The Bertz CT molecular complexity index is 969. The summed E-state index contributed by atoms with van der Waals surface area (Å²) in [4.78, 5) is 15.4. The summed E-state index contributed by atoms with van der Waals surface area (Å²) in [6, 6.07) is 14.7. The molecule has 3 aromatic rings. The molecule has 0 bridgehead atoms. The van der Waals surface area contributed by atoms with Crippen molar-refractivity contribution in [2.45, 2.75) is 24.3 Å². The van der Waals surface area contributed by atoms with Gasteiger partial charge in [0.05, 0.1) is 13.7 Å². The SMILES string of the molecule is COc1ccc(-c2nc(SC(C)C)oc2-c2ccc(OCCNC(N)=O)cc2)cc1. The highest BCUT2D eigenvalue weighted by Gasteiger charge is 2.18. The molecule has 1 aromatic heterocycles. The van der Waals surface area contributed by atoms with Crippen LogP contribution in [0.3, 0.4) is 0 Å². The molecule has 0 radical (unpaired) electrons. The van der Waals surface area contributed by atoms with Crippen LogP contribution >= 0.6 is 11.8 Å². The topological polar surface area (TPSA) is 99.6 Å². The predicted molar refractivity (Wildman–Crippen MR) is 118 cm³/mol. The number of hydrogen-bond acceptors (Lipinski definition) is 6. The molecule has 0 unspecified atom stereocenters. The van der Waals surface area contributed by atoms with Crippen molar-refractivity contribution >= 4 is 17.8 Å². The molecule has 1 heterocycles. The first kappa shape index (κ1) is 21.6. The van der Waals surface area contributed by atoms with Crippen molar-refractivity contribution in [2.75, 3.05) is 20.3 Å². The van der Waals surface area contributed by atoms with Gasteiger partial charge in [0.15, 0.2) is 5.76 Å². The maximum Gasteiger partial charge on any atom is 0.312 e. The molecule has 0 aliphatic heterocycles. The number of primary amides is 1. The zero-order valence-electron chi connectivity index (χ0n) is 17.2. The van der Waals surface area contributed by atoms with E-state index in [-0.39, 0.29) is 0 Å². The number of methoxy groups -OCH3 is 1. The Balaban J connectivity index is 1.84. The van der Waals surface area contributed by atoms with Crippen molar-refractivity contribution in [1.29, 1.82) is 0 Å². The molecule has 0 fully saturated rings. The monoisotopic (exact) mass is 427 g/mol. The number of carbonyl (C=O) groups excluding carboxylic acids is 1. The highest BCUT2D eigenvalue weighted by molar-refractivity contribution is 7.99. The molecule has 0 saturated heterocycles. The van der Waals surface area contributed by atoms with Gasteiger partial charge in [-0.05, 0) is 48.5 Å². The molecule has 158 valence electrons. The minimum absolute atomic E-state index is 0.330. The summed E-state index contributed by atoms with van der Waals surface area (Å²) in [5.41, 5.74) is 7.66. The van der Waals surface area contributed by atoms with Crippen molar-refractivity contribution < 1.29 is 18.7 Å². The second kappa shape index (κ2) is 10.1. The number of oxazole rings is 1. The van der Waals surface area contributed by atoms with Gasteiger partial charge < -0.3 is 24.9 Å². The number of nitrogens with two attached hydrogens (primary N) is 1. The van der Waals surface area contributed by atoms with Gasteiger partial charge in [0.1, 0.15) is 23.8 Å². The van der Waals surface area contributed by atoms with Gasteiger partial charge in [-0.15, -0.1) is 0 Å². The lowest BCUT2D eigenvalue weighted by molar-refractivity contribution is 0.244. The summed E-state index contributed by atoms with van der Waals surface area (Å²) >= 11 is 1.58. The molecule has 3 N–H and O–H groups in total. The van der Waals surface area contributed by atoms with Crippen LogP contribution < -0.4 is 20.5 Å². The van der Waals surface area contributed by atoms with Gasteiger partial charge in [-0.1, -0.05) is 25.6 Å². The molecule has 2 amide bonds. The maximum atomic E-state index is 10.7. The van der Waals surface area contributed by atoms with E-state index in [2.05, 4.69) is 19.2 Å². The number of rotatable bonds is 9. The smallest absolute Gasteiger partial charge is 0.312 e. The molecule has 0 saturated carbocycles. The van der Waals surface area contributed by atoms with E-state index in [4.69, 9.17) is 24.6 Å². The third-order valence-corrected chi connectivity index (χ3v) is 4.94. The number of thioether (sulfide) groups is 1. The molecule has 0 aliphatic rings. The lowest BCUT2D eigenvalue weighted by atomic mass is 10.1. The van der Waals surface area contributed by atoms with E-state index in [1.54, 1.807) is 18.9 Å². The zero-order chi connectivity index (χ0) is 21.5. The van der Waals surface area contributed by atoms with Crippen LogP contribution in [0.25, 0.3) is 22.6 Å². The van der Waals surface area contributed by atoms with Gasteiger partial charge in [0, 0.05) is 16.4 Å². The Morgan fingerprint density at radius 3 is 2.33 bits per heavy atom. The number of carbonyl (C=O) groups is 1. The maximum absolute atomic E-state index is 10.7. The number of urea groups is 1. The second-order valence-corrected chi connectivity index (χ2v) is 8.24. The van der Waals surface area contributed by atoms with Gasteiger partial charge in [-0.2, -0.15) is 0 Å².